The number of fused-ring (bicyclic) bond motifs is 1. The maximum absolute atomic E-state index is 15.0. The molecule has 0 unspecified atom stereocenters. The number of rotatable bonds is 8. The Morgan fingerprint density at radius 2 is 2.03 bits per heavy atom. The lowest BCUT2D eigenvalue weighted by Crippen LogP contribution is -2.38. The Kier molecular flexibility index (Phi) is 5.49. The summed E-state index contributed by atoms with van der Waals surface area (Å²) >= 11 is 0. The van der Waals surface area contributed by atoms with Crippen LogP contribution in [0.15, 0.2) is 61.2 Å². The van der Waals surface area contributed by atoms with E-state index in [0.717, 1.165) is 11.3 Å². The molecule has 1 aliphatic heterocycles. The fourth-order valence-corrected chi connectivity index (χ4v) is 4.27. The molecule has 0 saturated heterocycles. The molecule has 1 aromatic carbocycles. The van der Waals surface area contributed by atoms with Crippen LogP contribution in [-0.2, 0) is 17.9 Å². The van der Waals surface area contributed by atoms with Gasteiger partial charge in [-0.25, -0.2) is 9.37 Å². The number of hydrazine groups is 2. The van der Waals surface area contributed by atoms with Crippen LogP contribution in [-0.4, -0.2) is 42.2 Å². The first-order valence-electron chi connectivity index (χ1n) is 11.6. The second kappa shape index (κ2) is 8.96. The quantitative estimate of drug-likeness (QED) is 0.344. The van der Waals surface area contributed by atoms with Crippen molar-refractivity contribution in [3.63, 3.8) is 0 Å². The zero-order chi connectivity index (χ0) is 24.6. The molecular formula is C24H24FN9O2. The maximum atomic E-state index is 15.0. The second-order valence-electron chi connectivity index (χ2n) is 8.77. The number of aromatic nitrogens is 5. The number of hydrogen-bond acceptors (Lipinski definition) is 8. The molecule has 4 heterocycles. The summed E-state index contributed by atoms with van der Waals surface area (Å²) in [6.07, 6.45) is 11.2. The number of halogens is 1. The predicted octanol–water partition coefficient (Wildman–Crippen LogP) is 1.92. The molecule has 1 aliphatic carbocycles. The van der Waals surface area contributed by atoms with Gasteiger partial charge in [-0.2, -0.15) is 0 Å². The average Bonchev–Trinajstić information content (AvgIpc) is 3.24. The molecule has 0 spiro atoms. The monoisotopic (exact) mass is 489 g/mol. The SMILES string of the molecule is COc1ccc(-n2cnnc2)c(CNC(=O)C2=CN(Cc3cn4cc(C5CC5)ccc4n3)NN2)c1F. The van der Waals surface area contributed by atoms with Gasteiger partial charge in [0.25, 0.3) is 5.91 Å². The lowest BCUT2D eigenvalue weighted by atomic mass is 10.1. The number of benzene rings is 1. The van der Waals surface area contributed by atoms with Crippen LogP contribution in [0.5, 0.6) is 5.75 Å². The van der Waals surface area contributed by atoms with E-state index in [1.54, 1.807) is 21.8 Å². The fraction of sp³-hybridized carbons (Fsp3) is 0.250. The maximum Gasteiger partial charge on any atom is 0.270 e. The van der Waals surface area contributed by atoms with Crippen LogP contribution in [0.4, 0.5) is 4.39 Å². The minimum atomic E-state index is -0.561. The molecule has 6 rings (SSSR count). The van der Waals surface area contributed by atoms with E-state index in [1.807, 2.05) is 16.7 Å². The van der Waals surface area contributed by atoms with Crippen molar-refractivity contribution in [3.05, 3.63) is 83.8 Å². The normalized spacial score (nSPS) is 15.2. The van der Waals surface area contributed by atoms with Crippen molar-refractivity contribution in [1.29, 1.82) is 0 Å². The van der Waals surface area contributed by atoms with Gasteiger partial charge in [-0.3, -0.25) is 19.8 Å². The molecule has 3 aromatic heterocycles. The predicted molar refractivity (Wildman–Crippen MR) is 127 cm³/mol. The van der Waals surface area contributed by atoms with Crippen molar-refractivity contribution >= 4 is 11.6 Å². The molecule has 1 amide bonds. The van der Waals surface area contributed by atoms with Crippen molar-refractivity contribution in [3.8, 4) is 11.4 Å². The zero-order valence-electron chi connectivity index (χ0n) is 19.5. The molecule has 4 aromatic rings. The van der Waals surface area contributed by atoms with Crippen molar-refractivity contribution in [1.82, 2.24) is 45.4 Å². The van der Waals surface area contributed by atoms with E-state index in [4.69, 9.17) is 4.74 Å². The Hall–Kier alpha value is -4.45. The summed E-state index contributed by atoms with van der Waals surface area (Å²) in [4.78, 5) is 17.5. The van der Waals surface area contributed by atoms with Gasteiger partial charge < -0.3 is 14.5 Å². The van der Waals surface area contributed by atoms with E-state index < -0.39 is 11.7 Å². The summed E-state index contributed by atoms with van der Waals surface area (Å²) in [7, 11) is 1.39. The Morgan fingerprint density at radius 3 is 2.81 bits per heavy atom. The number of hydrogen-bond donors (Lipinski definition) is 3. The van der Waals surface area contributed by atoms with Crippen LogP contribution in [0.25, 0.3) is 11.3 Å². The highest BCUT2D eigenvalue weighted by molar-refractivity contribution is 5.92. The van der Waals surface area contributed by atoms with E-state index in [0.29, 0.717) is 23.8 Å². The van der Waals surface area contributed by atoms with Crippen molar-refractivity contribution in [2.75, 3.05) is 7.11 Å². The number of nitrogens with one attached hydrogen (secondary N) is 3. The third-order valence-corrected chi connectivity index (χ3v) is 6.29. The largest absolute Gasteiger partial charge is 0.494 e. The first kappa shape index (κ1) is 22.0. The Balaban J connectivity index is 1.13. The zero-order valence-corrected chi connectivity index (χ0v) is 19.5. The van der Waals surface area contributed by atoms with E-state index in [2.05, 4.69) is 43.7 Å². The number of nitrogens with zero attached hydrogens (tertiary/aromatic N) is 6. The summed E-state index contributed by atoms with van der Waals surface area (Å²) in [5.74, 6) is -0.203. The van der Waals surface area contributed by atoms with E-state index >= 15 is 4.39 Å². The van der Waals surface area contributed by atoms with Crippen molar-refractivity contribution in [2.45, 2.75) is 31.8 Å². The number of carbonyl (C=O) groups is 1. The molecule has 0 atom stereocenters. The molecule has 0 radical (unpaired) electrons. The molecule has 12 heteroatoms. The highest BCUT2D eigenvalue weighted by Gasteiger charge is 2.24. The van der Waals surface area contributed by atoms with Crippen LogP contribution in [0.2, 0.25) is 0 Å². The molecule has 1 fully saturated rings. The van der Waals surface area contributed by atoms with Crippen molar-refractivity contribution in [2.24, 2.45) is 0 Å². The first-order valence-corrected chi connectivity index (χ1v) is 11.6. The summed E-state index contributed by atoms with van der Waals surface area (Å²) in [5, 5.41) is 12.0. The van der Waals surface area contributed by atoms with Gasteiger partial charge in [-0.15, -0.1) is 15.7 Å². The highest BCUT2D eigenvalue weighted by atomic mass is 19.1. The van der Waals surface area contributed by atoms with Crippen LogP contribution in [0.1, 0.15) is 35.6 Å². The van der Waals surface area contributed by atoms with Crippen LogP contribution >= 0.6 is 0 Å². The van der Waals surface area contributed by atoms with Crippen LogP contribution in [0.3, 0.4) is 0 Å². The molecule has 2 aliphatic rings. The summed E-state index contributed by atoms with van der Waals surface area (Å²) in [6, 6.07) is 7.38. The molecule has 3 N–H and O–H groups in total. The third-order valence-electron chi connectivity index (χ3n) is 6.29. The van der Waals surface area contributed by atoms with Gasteiger partial charge in [0, 0.05) is 30.7 Å². The summed E-state index contributed by atoms with van der Waals surface area (Å²) < 4.78 is 23.7. The third kappa shape index (κ3) is 4.22. The minimum absolute atomic E-state index is 0.0653. The highest BCUT2D eigenvalue weighted by Crippen LogP contribution is 2.39. The lowest BCUT2D eigenvalue weighted by molar-refractivity contribution is -0.118. The smallest absolute Gasteiger partial charge is 0.270 e. The number of pyridine rings is 1. The number of imidazole rings is 1. The van der Waals surface area contributed by atoms with Crippen LogP contribution in [0, 0.1) is 5.82 Å². The van der Waals surface area contributed by atoms with Gasteiger partial charge in [0.1, 0.15) is 24.0 Å². The number of ether oxygens (including phenoxy) is 1. The summed E-state index contributed by atoms with van der Waals surface area (Å²) in [6.45, 7) is 0.386. The van der Waals surface area contributed by atoms with Gasteiger partial charge in [-0.05, 0) is 42.5 Å². The van der Waals surface area contributed by atoms with E-state index in [1.165, 1.54) is 44.2 Å². The van der Waals surface area contributed by atoms with E-state index in [-0.39, 0.29) is 17.9 Å². The van der Waals surface area contributed by atoms with Gasteiger partial charge in [-0.1, -0.05) is 6.07 Å². The Morgan fingerprint density at radius 1 is 1.19 bits per heavy atom. The van der Waals surface area contributed by atoms with Crippen LogP contribution < -0.4 is 21.0 Å². The van der Waals surface area contributed by atoms with Gasteiger partial charge >= 0.3 is 0 Å². The van der Waals surface area contributed by atoms with Gasteiger partial charge in [0.2, 0.25) is 0 Å². The molecule has 36 heavy (non-hydrogen) atoms. The van der Waals surface area contributed by atoms with E-state index in [9.17, 15) is 4.79 Å². The fourth-order valence-electron chi connectivity index (χ4n) is 4.27. The standard InChI is InChI=1S/C24H24FN9O2/c1-36-21-6-5-20(33-13-27-28-14-33)18(23(21)25)8-26-24(35)19-12-34(31-30-19)11-17-10-32-9-16(15-2-3-15)4-7-22(32)29-17/h4-7,9-10,12-15,30-31H,2-3,8,11H2,1H3,(H,26,35). The lowest BCUT2D eigenvalue weighted by Gasteiger charge is -2.14. The number of methoxy groups -OCH3 is 1. The number of amides is 1. The van der Waals surface area contributed by atoms with Crippen molar-refractivity contribution < 1.29 is 13.9 Å². The molecule has 11 nitrogen and oxygen atoms in total. The Bertz CT molecular complexity index is 1460. The van der Waals surface area contributed by atoms with Gasteiger partial charge in [0.05, 0.1) is 25.0 Å². The minimum Gasteiger partial charge on any atom is -0.494 e. The Labute approximate surface area is 205 Å². The summed E-state index contributed by atoms with van der Waals surface area (Å²) in [5.41, 5.74) is 9.93. The molecule has 0 bridgehead atoms. The molecule has 1 saturated carbocycles. The first-order chi connectivity index (χ1) is 17.6. The molecule has 184 valence electrons. The topological polar surface area (TPSA) is 114 Å². The average molecular weight is 490 g/mol. The second-order valence-corrected chi connectivity index (χ2v) is 8.77. The van der Waals surface area contributed by atoms with Gasteiger partial charge in [0.15, 0.2) is 11.6 Å². The number of carbonyl (C=O) groups excluding carboxylic acids is 1. The molecular weight excluding hydrogens is 465 g/mol.